The molecule has 102 valence electrons. The molecule has 3 heteroatoms. The van der Waals surface area contributed by atoms with Gasteiger partial charge in [0, 0.05) is 22.7 Å². The van der Waals surface area contributed by atoms with E-state index in [0.717, 1.165) is 23.0 Å². The van der Waals surface area contributed by atoms with Gasteiger partial charge in [0.15, 0.2) is 0 Å². The van der Waals surface area contributed by atoms with Crippen molar-refractivity contribution in [2.45, 2.75) is 38.3 Å². The molecule has 0 aliphatic carbocycles. The van der Waals surface area contributed by atoms with E-state index in [1.165, 1.54) is 25.8 Å². The molecule has 0 radical (unpaired) electrons. The van der Waals surface area contributed by atoms with Crippen molar-refractivity contribution in [3.05, 3.63) is 36.0 Å². The van der Waals surface area contributed by atoms with Crippen molar-refractivity contribution in [3.8, 4) is 0 Å². The number of para-hydroxylation sites is 1. The first-order chi connectivity index (χ1) is 9.25. The highest BCUT2D eigenvalue weighted by Crippen LogP contribution is 2.23. The summed E-state index contributed by atoms with van der Waals surface area (Å²) in [6, 6.07) is 8.87. The Morgan fingerprint density at radius 1 is 1.37 bits per heavy atom. The molecule has 0 saturated carbocycles. The molecular formula is C16H23N2O+. The zero-order valence-electron chi connectivity index (χ0n) is 11.5. The van der Waals surface area contributed by atoms with Crippen LogP contribution in [0.15, 0.2) is 30.5 Å². The number of nitrogens with one attached hydrogen (secondary N) is 2. The topological polar surface area (TPSA) is 40.5 Å². The maximum Gasteiger partial charge on any atom is 0.130 e. The van der Waals surface area contributed by atoms with Crippen LogP contribution in [-0.4, -0.2) is 29.2 Å². The van der Waals surface area contributed by atoms with Gasteiger partial charge in [-0.05, 0) is 32.3 Å². The first-order valence-corrected chi connectivity index (χ1v) is 7.34. The van der Waals surface area contributed by atoms with E-state index >= 15 is 0 Å². The van der Waals surface area contributed by atoms with E-state index in [9.17, 15) is 5.11 Å². The summed E-state index contributed by atoms with van der Waals surface area (Å²) in [5.41, 5.74) is 2.15. The Morgan fingerprint density at radius 3 is 3.05 bits per heavy atom. The van der Waals surface area contributed by atoms with Crippen LogP contribution in [-0.2, 0) is 0 Å². The fourth-order valence-electron chi connectivity index (χ4n) is 3.28. The smallest absolute Gasteiger partial charge is 0.130 e. The number of aromatic nitrogens is 1. The van der Waals surface area contributed by atoms with Crippen LogP contribution in [0.4, 0.5) is 0 Å². The van der Waals surface area contributed by atoms with Crippen molar-refractivity contribution in [2.24, 2.45) is 0 Å². The van der Waals surface area contributed by atoms with Crippen LogP contribution in [0, 0.1) is 0 Å². The normalized spacial score (nSPS) is 25.6. The van der Waals surface area contributed by atoms with Crippen LogP contribution >= 0.6 is 0 Å². The van der Waals surface area contributed by atoms with Crippen molar-refractivity contribution in [1.29, 1.82) is 0 Å². The first-order valence-electron chi connectivity index (χ1n) is 7.34. The molecule has 0 spiro atoms. The molecule has 0 amide bonds. The maximum atomic E-state index is 10.5. The number of quaternary nitrogens is 1. The number of rotatable bonds is 3. The Balaban J connectivity index is 1.78. The molecule has 1 fully saturated rings. The molecule has 2 heterocycles. The highest BCUT2D eigenvalue weighted by molar-refractivity contribution is 5.83. The third kappa shape index (κ3) is 2.53. The van der Waals surface area contributed by atoms with Crippen LogP contribution in [0.25, 0.3) is 10.9 Å². The van der Waals surface area contributed by atoms with Gasteiger partial charge in [-0.1, -0.05) is 18.2 Å². The predicted molar refractivity (Wildman–Crippen MR) is 77.3 cm³/mol. The molecule has 1 aliphatic heterocycles. The van der Waals surface area contributed by atoms with Crippen LogP contribution in [0.5, 0.6) is 0 Å². The van der Waals surface area contributed by atoms with Gasteiger partial charge in [0.1, 0.15) is 12.6 Å². The number of likely N-dealkylation sites (tertiary alicyclic amines) is 1. The molecular weight excluding hydrogens is 236 g/mol. The zero-order valence-corrected chi connectivity index (χ0v) is 11.5. The Kier molecular flexibility index (Phi) is 3.58. The summed E-state index contributed by atoms with van der Waals surface area (Å²) in [7, 11) is 0. The highest BCUT2D eigenvalue weighted by Gasteiger charge is 2.26. The molecule has 2 aromatic rings. The molecule has 1 aromatic carbocycles. The van der Waals surface area contributed by atoms with Crippen molar-refractivity contribution in [1.82, 2.24) is 4.98 Å². The number of aromatic amines is 1. The molecule has 3 atom stereocenters. The second-order valence-electron chi connectivity index (χ2n) is 5.81. The average Bonchev–Trinajstić information content (AvgIpc) is 2.85. The number of aliphatic hydroxyl groups is 1. The minimum Gasteiger partial charge on any atom is -0.382 e. The second kappa shape index (κ2) is 5.35. The van der Waals surface area contributed by atoms with E-state index in [4.69, 9.17) is 0 Å². The number of aliphatic hydroxyl groups excluding tert-OH is 1. The lowest BCUT2D eigenvalue weighted by Gasteiger charge is -2.31. The quantitative estimate of drug-likeness (QED) is 0.771. The number of H-pyrrole nitrogens is 1. The Morgan fingerprint density at radius 2 is 2.21 bits per heavy atom. The van der Waals surface area contributed by atoms with Crippen molar-refractivity contribution >= 4 is 10.9 Å². The Hall–Kier alpha value is -1.32. The number of hydrogen-bond donors (Lipinski definition) is 3. The largest absolute Gasteiger partial charge is 0.382 e. The predicted octanol–water partition coefficient (Wildman–Crippen LogP) is 1.66. The molecule has 1 saturated heterocycles. The fourth-order valence-corrected chi connectivity index (χ4v) is 3.28. The lowest BCUT2D eigenvalue weighted by molar-refractivity contribution is -0.932. The van der Waals surface area contributed by atoms with Gasteiger partial charge in [0.25, 0.3) is 0 Å². The maximum absolute atomic E-state index is 10.5. The zero-order chi connectivity index (χ0) is 13.2. The minimum atomic E-state index is -0.369. The van der Waals surface area contributed by atoms with E-state index in [1.54, 1.807) is 4.90 Å². The molecule has 3 N–H and O–H groups in total. The van der Waals surface area contributed by atoms with Crippen molar-refractivity contribution in [3.63, 3.8) is 0 Å². The SMILES string of the molecule is C[C@H]1CCCC[NH+]1C[C@H](O)c1c[nH]c2ccccc12. The molecule has 0 bridgehead atoms. The number of fused-ring (bicyclic) bond motifs is 1. The highest BCUT2D eigenvalue weighted by atomic mass is 16.3. The molecule has 3 rings (SSSR count). The Labute approximate surface area is 114 Å². The standard InChI is InChI=1S/C16H22N2O/c1-12-6-4-5-9-18(12)11-16(19)14-10-17-15-8-3-2-7-13(14)15/h2-3,7-8,10,12,16-17,19H,4-6,9,11H2,1H3/p+1/t12-,16-/m0/s1. The summed E-state index contributed by atoms with van der Waals surface area (Å²) < 4.78 is 0. The molecule has 1 unspecified atom stereocenters. The molecule has 1 aromatic heterocycles. The lowest BCUT2D eigenvalue weighted by atomic mass is 10.0. The third-order valence-corrected chi connectivity index (χ3v) is 4.52. The van der Waals surface area contributed by atoms with Gasteiger partial charge in [0.05, 0.1) is 12.6 Å². The Bertz CT molecular complexity index is 548. The molecule has 19 heavy (non-hydrogen) atoms. The van der Waals surface area contributed by atoms with Crippen LogP contribution in [0.3, 0.4) is 0 Å². The van der Waals surface area contributed by atoms with Crippen molar-refractivity contribution in [2.75, 3.05) is 13.1 Å². The van der Waals surface area contributed by atoms with Crippen molar-refractivity contribution < 1.29 is 10.0 Å². The van der Waals surface area contributed by atoms with Gasteiger partial charge in [-0.15, -0.1) is 0 Å². The summed E-state index contributed by atoms with van der Waals surface area (Å²) in [6.45, 7) is 4.32. The second-order valence-corrected chi connectivity index (χ2v) is 5.81. The van der Waals surface area contributed by atoms with Crippen LogP contribution in [0.2, 0.25) is 0 Å². The fraction of sp³-hybridized carbons (Fsp3) is 0.500. The molecule has 3 nitrogen and oxygen atoms in total. The number of benzene rings is 1. The van der Waals surface area contributed by atoms with E-state index in [-0.39, 0.29) is 6.10 Å². The van der Waals surface area contributed by atoms with Gasteiger partial charge in [0.2, 0.25) is 0 Å². The third-order valence-electron chi connectivity index (χ3n) is 4.52. The average molecular weight is 259 g/mol. The van der Waals surface area contributed by atoms with Gasteiger partial charge in [-0.2, -0.15) is 0 Å². The van der Waals surface area contributed by atoms with Gasteiger partial charge in [-0.25, -0.2) is 0 Å². The van der Waals surface area contributed by atoms with Crippen LogP contribution < -0.4 is 4.90 Å². The monoisotopic (exact) mass is 259 g/mol. The molecule has 1 aliphatic rings. The minimum absolute atomic E-state index is 0.369. The summed E-state index contributed by atoms with van der Waals surface area (Å²) in [5.74, 6) is 0. The van der Waals surface area contributed by atoms with Gasteiger partial charge < -0.3 is 15.0 Å². The number of hydrogen-bond acceptors (Lipinski definition) is 1. The van der Waals surface area contributed by atoms with E-state index in [1.807, 2.05) is 18.3 Å². The summed E-state index contributed by atoms with van der Waals surface area (Å²) in [4.78, 5) is 4.79. The lowest BCUT2D eigenvalue weighted by Crippen LogP contribution is -3.16. The van der Waals surface area contributed by atoms with E-state index in [0.29, 0.717) is 6.04 Å². The van der Waals surface area contributed by atoms with Gasteiger partial charge >= 0.3 is 0 Å². The van der Waals surface area contributed by atoms with E-state index in [2.05, 4.69) is 24.0 Å². The van der Waals surface area contributed by atoms with Crippen LogP contribution in [0.1, 0.15) is 37.9 Å². The van der Waals surface area contributed by atoms with Gasteiger partial charge in [-0.3, -0.25) is 0 Å². The summed E-state index contributed by atoms with van der Waals surface area (Å²) in [5, 5.41) is 11.7. The van der Waals surface area contributed by atoms with E-state index < -0.39 is 0 Å². The number of piperidine rings is 1. The summed E-state index contributed by atoms with van der Waals surface area (Å²) >= 11 is 0. The summed E-state index contributed by atoms with van der Waals surface area (Å²) in [6.07, 6.45) is 5.51. The first kappa shape index (κ1) is 12.7.